The van der Waals surface area contributed by atoms with Crippen molar-refractivity contribution < 1.29 is 44.6 Å². The topological polar surface area (TPSA) is 180 Å². The molecule has 0 radical (unpaired) electrons. The number of ether oxygens (including phenoxy) is 2. The second-order valence-electron chi connectivity index (χ2n) is 12.3. The predicted octanol–water partition coefficient (Wildman–Crippen LogP) is 5.51. The van der Waals surface area contributed by atoms with Gasteiger partial charge in [0.05, 0.1) is 11.4 Å². The molecule has 2 atom stereocenters. The largest absolute Gasteiger partial charge is 0.508 e. The van der Waals surface area contributed by atoms with E-state index in [-0.39, 0.29) is 61.4 Å². The maximum absolute atomic E-state index is 13.4. The van der Waals surface area contributed by atoms with Gasteiger partial charge in [-0.15, -0.1) is 26.3 Å². The van der Waals surface area contributed by atoms with Gasteiger partial charge in [0.1, 0.15) is 17.1 Å². The number of hydrogen-bond donors (Lipinski definition) is 5. The van der Waals surface area contributed by atoms with Gasteiger partial charge in [0.25, 0.3) is 0 Å². The van der Waals surface area contributed by atoms with Crippen LogP contribution in [0.1, 0.15) is 65.1 Å². The highest BCUT2D eigenvalue weighted by Gasteiger charge is 2.43. The van der Waals surface area contributed by atoms with Crippen LogP contribution in [0.25, 0.3) is 0 Å². The standard InChI is InChI=1S/C39H46N2O9/c1-8-16-38(17-9-2,49-36(47)32(45)22-27-12-14-29(42)24(5)20-27)34-25(6)41-35(26(7)40-34)39(18-10-3,19-11-4)50-37(48)33(46)23-28-13-15-30(43)31(44)21-28/h8-15,20-21,32-33,42-46H,1-4,16-19,22-23H2,5-7H3. The van der Waals surface area contributed by atoms with Crippen molar-refractivity contribution in [2.75, 3.05) is 0 Å². The first-order valence-electron chi connectivity index (χ1n) is 16.1. The molecule has 0 amide bonds. The number of nitrogens with zero attached hydrogens (tertiary/aromatic N) is 2. The summed E-state index contributed by atoms with van der Waals surface area (Å²) in [5.41, 5.74) is -0.112. The molecule has 266 valence electrons. The summed E-state index contributed by atoms with van der Waals surface area (Å²) < 4.78 is 12.1. The predicted molar refractivity (Wildman–Crippen MR) is 188 cm³/mol. The van der Waals surface area contributed by atoms with Crippen molar-refractivity contribution >= 4 is 11.9 Å². The number of rotatable bonds is 18. The molecular weight excluding hydrogens is 640 g/mol. The van der Waals surface area contributed by atoms with Crippen molar-refractivity contribution in [2.24, 2.45) is 0 Å². The zero-order chi connectivity index (χ0) is 37.2. The number of carbonyl (C=O) groups excluding carboxylic acids is 2. The van der Waals surface area contributed by atoms with E-state index in [2.05, 4.69) is 26.3 Å². The average Bonchev–Trinajstić information content (AvgIpc) is 3.05. The fourth-order valence-electron chi connectivity index (χ4n) is 5.89. The summed E-state index contributed by atoms with van der Waals surface area (Å²) >= 11 is 0. The molecular formula is C39H46N2O9. The third kappa shape index (κ3) is 9.04. The molecule has 50 heavy (non-hydrogen) atoms. The summed E-state index contributed by atoms with van der Waals surface area (Å²) in [6.07, 6.45) is 3.14. The summed E-state index contributed by atoms with van der Waals surface area (Å²) in [6, 6.07) is 8.72. The zero-order valence-corrected chi connectivity index (χ0v) is 28.8. The Morgan fingerprint density at radius 1 is 0.660 bits per heavy atom. The van der Waals surface area contributed by atoms with Crippen LogP contribution in [-0.2, 0) is 43.1 Å². The van der Waals surface area contributed by atoms with Crippen LogP contribution >= 0.6 is 0 Å². The Labute approximate surface area is 292 Å². The first-order valence-corrected chi connectivity index (χ1v) is 16.1. The van der Waals surface area contributed by atoms with Crippen molar-refractivity contribution in [1.29, 1.82) is 0 Å². The Hall–Kier alpha value is -5.26. The van der Waals surface area contributed by atoms with Gasteiger partial charge in [-0.1, -0.05) is 42.5 Å². The number of phenolic OH excluding ortho intramolecular Hbond substituents is 3. The Morgan fingerprint density at radius 2 is 1.04 bits per heavy atom. The molecule has 0 bridgehead atoms. The molecule has 11 heteroatoms. The number of aliphatic hydroxyl groups excluding tert-OH is 2. The molecule has 2 unspecified atom stereocenters. The summed E-state index contributed by atoms with van der Waals surface area (Å²) in [5, 5.41) is 51.0. The molecule has 0 saturated heterocycles. The maximum Gasteiger partial charge on any atom is 0.336 e. The van der Waals surface area contributed by atoms with E-state index in [0.717, 1.165) is 0 Å². The highest BCUT2D eigenvalue weighted by molar-refractivity contribution is 5.76. The first kappa shape index (κ1) is 39.2. The lowest BCUT2D eigenvalue weighted by atomic mass is 9.86. The van der Waals surface area contributed by atoms with Crippen LogP contribution < -0.4 is 0 Å². The van der Waals surface area contributed by atoms with Gasteiger partial charge in [-0.05, 0) is 55.7 Å². The Morgan fingerprint density at radius 3 is 1.40 bits per heavy atom. The van der Waals surface area contributed by atoms with Gasteiger partial charge in [-0.25, -0.2) is 19.6 Å². The van der Waals surface area contributed by atoms with Crippen LogP contribution in [0.2, 0.25) is 0 Å². The monoisotopic (exact) mass is 686 g/mol. The zero-order valence-electron chi connectivity index (χ0n) is 28.8. The molecule has 0 spiro atoms. The van der Waals surface area contributed by atoms with Gasteiger partial charge in [0.2, 0.25) is 0 Å². The lowest BCUT2D eigenvalue weighted by Gasteiger charge is -2.36. The summed E-state index contributed by atoms with van der Waals surface area (Å²) in [5.74, 6) is -2.51. The fourth-order valence-corrected chi connectivity index (χ4v) is 5.89. The Kier molecular flexibility index (Phi) is 13.3. The van der Waals surface area contributed by atoms with Crippen molar-refractivity contribution in [1.82, 2.24) is 9.97 Å². The Bertz CT molecular complexity index is 1600. The molecule has 3 aromatic rings. The second-order valence-corrected chi connectivity index (χ2v) is 12.3. The van der Waals surface area contributed by atoms with Gasteiger partial charge in [-0.3, -0.25) is 0 Å². The lowest BCUT2D eigenvalue weighted by Crippen LogP contribution is -2.41. The normalized spacial score (nSPS) is 12.7. The van der Waals surface area contributed by atoms with Crippen molar-refractivity contribution in [2.45, 2.75) is 82.7 Å². The van der Waals surface area contributed by atoms with E-state index in [4.69, 9.17) is 19.4 Å². The number of hydrogen-bond acceptors (Lipinski definition) is 11. The summed E-state index contributed by atoms with van der Waals surface area (Å²) in [4.78, 5) is 36.5. The van der Waals surface area contributed by atoms with E-state index >= 15 is 0 Å². The maximum atomic E-state index is 13.4. The lowest BCUT2D eigenvalue weighted by molar-refractivity contribution is -0.173. The average molecular weight is 687 g/mol. The minimum Gasteiger partial charge on any atom is -0.508 e. The molecule has 1 aromatic heterocycles. The van der Waals surface area contributed by atoms with Gasteiger partial charge in [0, 0.05) is 38.5 Å². The van der Waals surface area contributed by atoms with Crippen LogP contribution in [0.15, 0.2) is 87.0 Å². The van der Waals surface area contributed by atoms with Gasteiger partial charge in [0.15, 0.2) is 34.9 Å². The van der Waals surface area contributed by atoms with Crippen molar-refractivity contribution in [3.8, 4) is 17.2 Å². The van der Waals surface area contributed by atoms with E-state index in [1.165, 1.54) is 24.3 Å². The smallest absolute Gasteiger partial charge is 0.336 e. The van der Waals surface area contributed by atoms with Crippen LogP contribution in [0.4, 0.5) is 0 Å². The first-order chi connectivity index (χ1) is 23.6. The Balaban J connectivity index is 2.02. The highest BCUT2D eigenvalue weighted by Crippen LogP contribution is 2.40. The van der Waals surface area contributed by atoms with Crippen LogP contribution in [0.3, 0.4) is 0 Å². The van der Waals surface area contributed by atoms with Crippen molar-refractivity contribution in [3.05, 3.63) is 126 Å². The quantitative estimate of drug-likeness (QED) is 0.0647. The molecule has 2 aromatic carbocycles. The molecule has 1 heterocycles. The fraction of sp³-hybridized carbons (Fsp3) is 0.333. The molecule has 0 aliphatic heterocycles. The number of phenols is 3. The van der Waals surface area contributed by atoms with Crippen LogP contribution in [-0.4, -0.2) is 59.6 Å². The molecule has 0 saturated carbocycles. The van der Waals surface area contributed by atoms with Gasteiger partial charge < -0.3 is 35.0 Å². The number of aliphatic hydroxyl groups is 2. The van der Waals surface area contributed by atoms with Gasteiger partial charge in [-0.2, -0.15) is 0 Å². The molecule has 3 rings (SSSR count). The minimum absolute atomic E-state index is 0.0579. The van der Waals surface area contributed by atoms with Crippen molar-refractivity contribution in [3.63, 3.8) is 0 Å². The second kappa shape index (κ2) is 16.9. The molecule has 0 fully saturated rings. The van der Waals surface area contributed by atoms with E-state index in [1.54, 1.807) is 57.2 Å². The summed E-state index contributed by atoms with van der Waals surface area (Å²) in [7, 11) is 0. The minimum atomic E-state index is -1.63. The number of benzene rings is 2. The molecule has 0 aliphatic carbocycles. The molecule has 0 aliphatic rings. The van der Waals surface area contributed by atoms with Crippen LogP contribution in [0.5, 0.6) is 17.2 Å². The van der Waals surface area contributed by atoms with Crippen LogP contribution in [0, 0.1) is 20.8 Å². The van der Waals surface area contributed by atoms with E-state index in [0.29, 0.717) is 28.1 Å². The third-order valence-corrected chi connectivity index (χ3v) is 8.30. The number of aromatic hydroxyl groups is 3. The molecule has 11 nitrogen and oxygen atoms in total. The van der Waals surface area contributed by atoms with Gasteiger partial charge >= 0.3 is 11.9 Å². The highest BCUT2D eigenvalue weighted by atomic mass is 16.6. The van der Waals surface area contributed by atoms with E-state index in [9.17, 15) is 35.1 Å². The SMILES string of the molecule is C=CCC(CC=C)(OC(=O)C(O)Cc1ccc(O)c(C)c1)c1nc(C)c(C(CC=C)(CC=C)OC(=O)C(O)Cc2ccc(O)c(O)c2)nc1C. The van der Waals surface area contributed by atoms with E-state index in [1.807, 2.05) is 0 Å². The summed E-state index contributed by atoms with van der Waals surface area (Å²) in [6.45, 7) is 20.4. The number of aromatic nitrogens is 2. The number of aryl methyl sites for hydroxylation is 3. The number of esters is 2. The number of carbonyl (C=O) groups is 2. The van der Waals surface area contributed by atoms with E-state index < -0.39 is 41.1 Å². The third-order valence-electron chi connectivity index (χ3n) is 8.30. The molecule has 5 N–H and O–H groups in total.